The lowest BCUT2D eigenvalue weighted by atomic mass is 10.1. The summed E-state index contributed by atoms with van der Waals surface area (Å²) in [6.07, 6.45) is -1.20. The molecule has 0 spiro atoms. The molecule has 0 aliphatic rings. The smallest absolute Gasteiger partial charge is 0.264 e. The number of hydrogen-bond acceptors (Lipinski definition) is 3. The summed E-state index contributed by atoms with van der Waals surface area (Å²) in [6, 6.07) is 0. The van der Waals surface area contributed by atoms with Crippen LogP contribution in [0.15, 0.2) is 11.0 Å². The molecule has 0 unspecified atom stereocenters. The Morgan fingerprint density at radius 3 is 2.38 bits per heavy atom. The minimum Gasteiger partial charge on any atom is -0.295 e. The van der Waals surface area contributed by atoms with Crippen LogP contribution in [-0.2, 0) is 13.1 Å². The van der Waals surface area contributed by atoms with Gasteiger partial charge in [-0.1, -0.05) is 27.7 Å². The van der Waals surface area contributed by atoms with Crippen LogP contribution in [0.2, 0.25) is 0 Å². The quantitative estimate of drug-likeness (QED) is 0.852. The van der Waals surface area contributed by atoms with Crippen LogP contribution < -0.4 is 5.56 Å². The van der Waals surface area contributed by atoms with Gasteiger partial charge in [-0.15, -0.1) is 0 Å². The molecule has 2 aromatic heterocycles. The molecule has 0 N–H and O–H groups in total. The molecule has 7 heteroatoms. The molecule has 0 aliphatic carbocycles. The van der Waals surface area contributed by atoms with E-state index in [1.54, 1.807) is 4.57 Å². The monoisotopic (exact) mass is 298 g/mol. The zero-order valence-electron chi connectivity index (χ0n) is 12.7. The number of fused-ring (bicyclic) bond motifs is 1. The first-order chi connectivity index (χ1) is 9.81. The first-order valence-electron chi connectivity index (χ1n) is 7.05. The van der Waals surface area contributed by atoms with Gasteiger partial charge in [-0.25, -0.2) is 18.4 Å². The lowest BCUT2D eigenvalue weighted by molar-refractivity contribution is 0.123. The normalized spacial score (nSPS) is 12.2. The van der Waals surface area contributed by atoms with Crippen LogP contribution in [0.25, 0.3) is 11.0 Å². The predicted molar refractivity (Wildman–Crippen MR) is 76.7 cm³/mol. The van der Waals surface area contributed by atoms with Gasteiger partial charge in [0.25, 0.3) is 12.0 Å². The predicted octanol–water partition coefficient (Wildman–Crippen LogP) is 2.64. The van der Waals surface area contributed by atoms with E-state index in [1.807, 2.05) is 27.7 Å². The van der Waals surface area contributed by atoms with Crippen LogP contribution in [0.5, 0.6) is 0 Å². The van der Waals surface area contributed by atoms with E-state index < -0.39 is 13.0 Å². The molecule has 0 aromatic carbocycles. The molecule has 0 radical (unpaired) electrons. The van der Waals surface area contributed by atoms with Gasteiger partial charge in [0, 0.05) is 12.5 Å². The fourth-order valence-corrected chi connectivity index (χ4v) is 2.31. The number of hydrogen-bond donors (Lipinski definition) is 0. The van der Waals surface area contributed by atoms with Crippen LogP contribution in [0.4, 0.5) is 8.78 Å². The van der Waals surface area contributed by atoms with Gasteiger partial charge >= 0.3 is 0 Å². The van der Waals surface area contributed by atoms with Gasteiger partial charge in [0.15, 0.2) is 5.65 Å². The van der Waals surface area contributed by atoms with Crippen molar-refractivity contribution >= 4 is 11.0 Å². The molecule has 0 aliphatic heterocycles. The number of alkyl halides is 2. The van der Waals surface area contributed by atoms with Crippen LogP contribution in [-0.4, -0.2) is 25.8 Å². The fourth-order valence-electron chi connectivity index (χ4n) is 2.31. The van der Waals surface area contributed by atoms with Crippen molar-refractivity contribution in [2.75, 3.05) is 0 Å². The Labute approximate surface area is 121 Å². The Morgan fingerprint density at radius 2 is 1.86 bits per heavy atom. The minimum atomic E-state index is -2.53. The standard InChI is InChI=1S/C14H20F2N4O/c1-8(2)6-19-12(9(3)4)18-13-10(14(19)21)5-17-20(13)7-11(15)16/h5,8-9,11H,6-7H2,1-4H3. The van der Waals surface area contributed by atoms with Crippen molar-refractivity contribution in [2.45, 2.75) is 53.1 Å². The Hall–Kier alpha value is -1.79. The van der Waals surface area contributed by atoms with Gasteiger partial charge < -0.3 is 0 Å². The zero-order valence-corrected chi connectivity index (χ0v) is 12.7. The van der Waals surface area contributed by atoms with E-state index in [4.69, 9.17) is 0 Å². The van der Waals surface area contributed by atoms with Gasteiger partial charge in [0.2, 0.25) is 0 Å². The molecule has 0 amide bonds. The van der Waals surface area contributed by atoms with E-state index in [0.717, 1.165) is 4.68 Å². The summed E-state index contributed by atoms with van der Waals surface area (Å²) in [5.41, 5.74) is 0.0296. The third-order valence-corrected chi connectivity index (χ3v) is 3.16. The molecule has 0 fully saturated rings. The van der Waals surface area contributed by atoms with E-state index in [1.165, 1.54) is 6.20 Å². The lowest BCUT2D eigenvalue weighted by Gasteiger charge is -2.16. The summed E-state index contributed by atoms with van der Waals surface area (Å²) in [5, 5.41) is 4.17. The van der Waals surface area contributed by atoms with Crippen molar-refractivity contribution in [3.63, 3.8) is 0 Å². The van der Waals surface area contributed by atoms with Crippen molar-refractivity contribution in [1.29, 1.82) is 0 Å². The average Bonchev–Trinajstić information content (AvgIpc) is 2.74. The SMILES string of the molecule is CC(C)Cn1c(C(C)C)nc2c(cnn2CC(F)F)c1=O. The molecule has 21 heavy (non-hydrogen) atoms. The highest BCUT2D eigenvalue weighted by Crippen LogP contribution is 2.16. The Morgan fingerprint density at radius 1 is 1.19 bits per heavy atom. The second-order valence-corrected chi connectivity index (χ2v) is 5.89. The first-order valence-corrected chi connectivity index (χ1v) is 7.05. The summed E-state index contributed by atoms with van der Waals surface area (Å²) >= 11 is 0. The zero-order chi connectivity index (χ0) is 15.7. The van der Waals surface area contributed by atoms with Gasteiger partial charge in [-0.05, 0) is 5.92 Å². The molecule has 0 atom stereocenters. The summed E-state index contributed by atoms with van der Waals surface area (Å²) in [7, 11) is 0. The highest BCUT2D eigenvalue weighted by molar-refractivity contribution is 5.73. The lowest BCUT2D eigenvalue weighted by Crippen LogP contribution is -2.28. The number of nitrogens with zero attached hydrogens (tertiary/aromatic N) is 4. The summed E-state index contributed by atoms with van der Waals surface area (Å²) in [4.78, 5) is 17.0. The Balaban J connectivity index is 2.67. The molecule has 2 rings (SSSR count). The summed E-state index contributed by atoms with van der Waals surface area (Å²) < 4.78 is 27.9. The van der Waals surface area contributed by atoms with Gasteiger partial charge in [0.05, 0.1) is 6.20 Å². The third kappa shape index (κ3) is 3.11. The first kappa shape index (κ1) is 15.6. The number of rotatable bonds is 5. The molecule has 2 aromatic rings. The molecule has 116 valence electrons. The van der Waals surface area contributed by atoms with Crippen LogP contribution in [0.3, 0.4) is 0 Å². The third-order valence-electron chi connectivity index (χ3n) is 3.16. The van der Waals surface area contributed by atoms with Crippen LogP contribution >= 0.6 is 0 Å². The maximum absolute atomic E-state index is 12.6. The molecule has 0 saturated heterocycles. The highest BCUT2D eigenvalue weighted by atomic mass is 19.3. The summed E-state index contributed by atoms with van der Waals surface area (Å²) in [6.45, 7) is 7.88. The Kier molecular flexibility index (Phi) is 4.39. The Bertz CT molecular complexity index is 688. The topological polar surface area (TPSA) is 52.7 Å². The van der Waals surface area contributed by atoms with Crippen molar-refractivity contribution in [3.8, 4) is 0 Å². The summed E-state index contributed by atoms with van der Waals surface area (Å²) in [5.74, 6) is 0.920. The average molecular weight is 298 g/mol. The van der Waals surface area contributed by atoms with Crippen LogP contribution in [0, 0.1) is 5.92 Å². The molecule has 2 heterocycles. The largest absolute Gasteiger partial charge is 0.295 e. The van der Waals surface area contributed by atoms with Gasteiger partial charge in [-0.2, -0.15) is 5.10 Å². The highest BCUT2D eigenvalue weighted by Gasteiger charge is 2.19. The second-order valence-electron chi connectivity index (χ2n) is 5.89. The van der Waals surface area contributed by atoms with Crippen LogP contribution in [0.1, 0.15) is 39.4 Å². The van der Waals surface area contributed by atoms with E-state index >= 15 is 0 Å². The second kappa shape index (κ2) is 5.91. The molecule has 5 nitrogen and oxygen atoms in total. The minimum absolute atomic E-state index is 0.0238. The molecular formula is C14H20F2N4O. The van der Waals surface area contributed by atoms with Gasteiger partial charge in [0.1, 0.15) is 17.8 Å². The van der Waals surface area contributed by atoms with Crippen molar-refractivity contribution in [2.24, 2.45) is 5.92 Å². The maximum atomic E-state index is 12.6. The van der Waals surface area contributed by atoms with Crippen molar-refractivity contribution in [3.05, 3.63) is 22.4 Å². The molecule has 0 saturated carbocycles. The fraction of sp³-hybridized carbons (Fsp3) is 0.643. The number of aromatic nitrogens is 4. The van der Waals surface area contributed by atoms with E-state index in [2.05, 4.69) is 10.1 Å². The van der Waals surface area contributed by atoms with Crippen molar-refractivity contribution < 1.29 is 8.78 Å². The van der Waals surface area contributed by atoms with Crippen molar-refractivity contribution in [1.82, 2.24) is 19.3 Å². The molecular weight excluding hydrogens is 278 g/mol. The van der Waals surface area contributed by atoms with E-state index in [0.29, 0.717) is 17.8 Å². The van der Waals surface area contributed by atoms with E-state index in [9.17, 15) is 13.6 Å². The molecule has 0 bridgehead atoms. The van der Waals surface area contributed by atoms with Gasteiger partial charge in [-0.3, -0.25) is 9.36 Å². The number of halogens is 2. The van der Waals surface area contributed by atoms with E-state index in [-0.39, 0.29) is 23.0 Å². The maximum Gasteiger partial charge on any atom is 0.264 e.